The maximum Gasteiger partial charge on any atom is 0.277 e. The number of amides is 1. The first-order valence-corrected chi connectivity index (χ1v) is 9.16. The molecule has 1 aliphatic rings. The Hall–Kier alpha value is -3.42. The molecule has 0 aliphatic heterocycles. The number of hydrogen-bond donors (Lipinski definition) is 2. The molecule has 0 atom stereocenters. The fourth-order valence-electron chi connectivity index (χ4n) is 2.78. The van der Waals surface area contributed by atoms with Crippen molar-refractivity contribution in [2.75, 3.05) is 29.6 Å². The molecule has 144 valence electrons. The number of aryl methyl sites for hydroxylation is 1. The Morgan fingerprint density at radius 2 is 1.82 bits per heavy atom. The number of hydrogen-bond acceptors (Lipinski definition) is 7. The highest BCUT2D eigenvalue weighted by Crippen LogP contribution is 2.40. The molecule has 28 heavy (non-hydrogen) atoms. The Morgan fingerprint density at radius 1 is 1.11 bits per heavy atom. The van der Waals surface area contributed by atoms with Crippen LogP contribution in [0.5, 0.6) is 0 Å². The third-order valence-corrected chi connectivity index (χ3v) is 4.44. The van der Waals surface area contributed by atoms with E-state index in [4.69, 9.17) is 4.52 Å². The summed E-state index contributed by atoms with van der Waals surface area (Å²) in [5.74, 6) is 3.18. The van der Waals surface area contributed by atoms with Crippen LogP contribution >= 0.6 is 0 Å². The first-order chi connectivity index (χ1) is 13.5. The number of benzene rings is 1. The smallest absolute Gasteiger partial charge is 0.277 e. The van der Waals surface area contributed by atoms with Crippen molar-refractivity contribution < 1.29 is 9.32 Å². The van der Waals surface area contributed by atoms with Gasteiger partial charge in [0.25, 0.3) is 5.91 Å². The van der Waals surface area contributed by atoms with Crippen LogP contribution in [-0.2, 0) is 0 Å². The molecule has 2 N–H and O–H groups in total. The molecule has 8 nitrogen and oxygen atoms in total. The first-order valence-electron chi connectivity index (χ1n) is 9.16. The second kappa shape index (κ2) is 7.30. The number of carbonyl (C=O) groups excluding carboxylic acids is 1. The van der Waals surface area contributed by atoms with Gasteiger partial charge < -0.3 is 20.1 Å². The van der Waals surface area contributed by atoms with E-state index < -0.39 is 0 Å². The molecule has 4 rings (SSSR count). The molecule has 1 fully saturated rings. The van der Waals surface area contributed by atoms with Crippen molar-refractivity contribution in [2.45, 2.75) is 25.7 Å². The van der Waals surface area contributed by atoms with E-state index in [0.717, 1.165) is 30.1 Å². The van der Waals surface area contributed by atoms with Gasteiger partial charge in [-0.25, -0.2) is 9.97 Å². The van der Waals surface area contributed by atoms with Gasteiger partial charge in [0.2, 0.25) is 0 Å². The monoisotopic (exact) mass is 378 g/mol. The maximum atomic E-state index is 12.3. The number of nitrogens with one attached hydrogen (secondary N) is 2. The fourth-order valence-corrected chi connectivity index (χ4v) is 2.78. The number of anilines is 4. The van der Waals surface area contributed by atoms with Crippen LogP contribution in [0.15, 0.2) is 40.9 Å². The zero-order chi connectivity index (χ0) is 19.7. The molecular weight excluding hydrogens is 356 g/mol. The third-order valence-electron chi connectivity index (χ3n) is 4.44. The van der Waals surface area contributed by atoms with Crippen molar-refractivity contribution in [3.05, 3.63) is 53.7 Å². The van der Waals surface area contributed by atoms with Crippen LogP contribution in [0.3, 0.4) is 0 Å². The topological polar surface area (TPSA) is 96.2 Å². The van der Waals surface area contributed by atoms with Crippen molar-refractivity contribution in [3.63, 3.8) is 0 Å². The summed E-state index contributed by atoms with van der Waals surface area (Å²) in [6.07, 6.45) is 2.21. The lowest BCUT2D eigenvalue weighted by atomic mass is 10.2. The SMILES string of the molecule is Cc1nc(Nc2ccc(NC(=O)c3cc(C4CC4)on3)cc2)cc(N(C)C)n1. The Labute approximate surface area is 163 Å². The molecule has 1 aromatic carbocycles. The quantitative estimate of drug-likeness (QED) is 0.675. The normalized spacial score (nSPS) is 13.2. The molecule has 2 aromatic heterocycles. The van der Waals surface area contributed by atoms with E-state index in [-0.39, 0.29) is 5.91 Å². The van der Waals surface area contributed by atoms with Gasteiger partial charge in [-0.1, -0.05) is 5.16 Å². The van der Waals surface area contributed by atoms with Crippen LogP contribution < -0.4 is 15.5 Å². The molecule has 0 bridgehead atoms. The second-order valence-corrected chi connectivity index (χ2v) is 7.10. The van der Waals surface area contributed by atoms with Crippen LogP contribution in [0.4, 0.5) is 23.0 Å². The molecule has 0 unspecified atom stereocenters. The Morgan fingerprint density at radius 3 is 2.50 bits per heavy atom. The van der Waals surface area contributed by atoms with E-state index in [1.165, 1.54) is 0 Å². The lowest BCUT2D eigenvalue weighted by Crippen LogP contribution is -2.12. The molecule has 0 saturated heterocycles. The van der Waals surface area contributed by atoms with E-state index in [2.05, 4.69) is 25.8 Å². The van der Waals surface area contributed by atoms with E-state index in [9.17, 15) is 4.79 Å². The summed E-state index contributed by atoms with van der Waals surface area (Å²) in [7, 11) is 3.87. The zero-order valence-electron chi connectivity index (χ0n) is 16.1. The summed E-state index contributed by atoms with van der Waals surface area (Å²) in [5.41, 5.74) is 1.84. The molecule has 8 heteroatoms. The molecule has 2 heterocycles. The van der Waals surface area contributed by atoms with Gasteiger partial charge in [0.15, 0.2) is 5.69 Å². The number of aromatic nitrogens is 3. The molecule has 3 aromatic rings. The number of rotatable bonds is 6. The van der Waals surface area contributed by atoms with Gasteiger partial charge in [0.1, 0.15) is 23.2 Å². The summed E-state index contributed by atoms with van der Waals surface area (Å²) in [5, 5.41) is 9.95. The minimum absolute atomic E-state index is 0.279. The van der Waals surface area contributed by atoms with E-state index in [1.54, 1.807) is 6.07 Å². The number of carbonyl (C=O) groups is 1. The summed E-state index contributed by atoms with van der Waals surface area (Å²) in [4.78, 5) is 23.0. The highest BCUT2D eigenvalue weighted by atomic mass is 16.5. The Balaban J connectivity index is 1.41. The van der Waals surface area contributed by atoms with Gasteiger partial charge >= 0.3 is 0 Å². The van der Waals surface area contributed by atoms with Gasteiger partial charge in [-0.3, -0.25) is 4.79 Å². The standard InChI is InChI=1S/C20H22N6O2/c1-12-21-18(11-19(22-12)26(2)3)23-14-6-8-15(9-7-14)24-20(27)16-10-17(28-25-16)13-4-5-13/h6-11,13H,4-5H2,1-3H3,(H,24,27)(H,21,22,23). The van der Waals surface area contributed by atoms with Crippen molar-refractivity contribution >= 4 is 28.9 Å². The van der Waals surface area contributed by atoms with Gasteiger partial charge in [0.05, 0.1) is 0 Å². The fraction of sp³-hybridized carbons (Fsp3) is 0.300. The molecule has 0 radical (unpaired) electrons. The molecular formula is C20H22N6O2. The van der Waals surface area contributed by atoms with E-state index in [0.29, 0.717) is 28.9 Å². The van der Waals surface area contributed by atoms with E-state index >= 15 is 0 Å². The van der Waals surface area contributed by atoms with Crippen LogP contribution in [0.1, 0.15) is 40.8 Å². The minimum atomic E-state index is -0.279. The summed E-state index contributed by atoms with van der Waals surface area (Å²) in [6.45, 7) is 1.86. The number of nitrogens with zero attached hydrogens (tertiary/aromatic N) is 4. The highest BCUT2D eigenvalue weighted by molar-refractivity contribution is 6.02. The van der Waals surface area contributed by atoms with Crippen LogP contribution in [0, 0.1) is 6.92 Å². The largest absolute Gasteiger partial charge is 0.363 e. The third kappa shape index (κ3) is 4.11. The van der Waals surface area contributed by atoms with Crippen LogP contribution in [0.2, 0.25) is 0 Å². The Kier molecular flexibility index (Phi) is 4.68. The van der Waals surface area contributed by atoms with Gasteiger partial charge in [-0.15, -0.1) is 0 Å². The zero-order valence-corrected chi connectivity index (χ0v) is 16.1. The second-order valence-electron chi connectivity index (χ2n) is 7.10. The molecule has 1 saturated carbocycles. The minimum Gasteiger partial charge on any atom is -0.363 e. The van der Waals surface area contributed by atoms with Crippen molar-refractivity contribution in [1.29, 1.82) is 0 Å². The Bertz CT molecular complexity index is 992. The summed E-state index contributed by atoms with van der Waals surface area (Å²) >= 11 is 0. The average Bonchev–Trinajstić information content (AvgIpc) is 3.39. The lowest BCUT2D eigenvalue weighted by molar-refractivity contribution is 0.101. The lowest BCUT2D eigenvalue weighted by Gasteiger charge is -2.14. The van der Waals surface area contributed by atoms with Crippen molar-refractivity contribution in [2.24, 2.45) is 0 Å². The molecule has 1 amide bonds. The predicted octanol–water partition coefficient (Wildman–Crippen LogP) is 3.71. The van der Waals surface area contributed by atoms with Crippen LogP contribution in [0.25, 0.3) is 0 Å². The van der Waals surface area contributed by atoms with Gasteiger partial charge in [-0.2, -0.15) is 0 Å². The highest BCUT2D eigenvalue weighted by Gasteiger charge is 2.28. The van der Waals surface area contributed by atoms with Gasteiger partial charge in [-0.05, 0) is 44.0 Å². The summed E-state index contributed by atoms with van der Waals surface area (Å²) < 4.78 is 5.23. The summed E-state index contributed by atoms with van der Waals surface area (Å²) in [6, 6.07) is 11.0. The maximum absolute atomic E-state index is 12.3. The molecule has 0 spiro atoms. The first kappa shape index (κ1) is 18.0. The van der Waals surface area contributed by atoms with E-state index in [1.807, 2.05) is 56.3 Å². The average molecular weight is 378 g/mol. The molecule has 1 aliphatic carbocycles. The van der Waals surface area contributed by atoms with Crippen molar-refractivity contribution in [3.8, 4) is 0 Å². The van der Waals surface area contributed by atoms with Crippen LogP contribution in [-0.4, -0.2) is 35.1 Å². The van der Waals surface area contributed by atoms with Crippen molar-refractivity contribution in [1.82, 2.24) is 15.1 Å². The van der Waals surface area contributed by atoms with Gasteiger partial charge in [0, 0.05) is 43.5 Å². The predicted molar refractivity (Wildman–Crippen MR) is 107 cm³/mol.